The van der Waals surface area contributed by atoms with Crippen molar-refractivity contribution in [1.29, 1.82) is 0 Å². The molecular weight excluding hydrogens is 383 g/mol. The van der Waals surface area contributed by atoms with Gasteiger partial charge in [0.15, 0.2) is 0 Å². The van der Waals surface area contributed by atoms with Gasteiger partial charge in [0.05, 0.1) is 4.92 Å². The van der Waals surface area contributed by atoms with Crippen molar-refractivity contribution in [3.8, 4) is 5.75 Å². The topological polar surface area (TPSA) is 64.4 Å². The zero-order valence-corrected chi connectivity index (χ0v) is 13.7. The average molecular weight is 398 g/mol. The number of halogens is 1. The molecule has 0 amide bonds. The maximum absolute atomic E-state index is 10.8. The first kappa shape index (κ1) is 15.7. The lowest BCUT2D eigenvalue weighted by Crippen LogP contribution is -2.08. The van der Waals surface area contributed by atoms with Crippen LogP contribution in [0.25, 0.3) is 0 Å². The van der Waals surface area contributed by atoms with Gasteiger partial charge in [0.25, 0.3) is 5.69 Å². The van der Waals surface area contributed by atoms with E-state index in [0.717, 1.165) is 11.1 Å². The smallest absolute Gasteiger partial charge is 0.270 e. The van der Waals surface area contributed by atoms with Crippen LogP contribution in [-0.2, 0) is 13.2 Å². The summed E-state index contributed by atoms with van der Waals surface area (Å²) in [5, 5.41) is 13.8. The van der Waals surface area contributed by atoms with Crippen molar-refractivity contribution < 1.29 is 9.66 Å². The van der Waals surface area contributed by atoms with Crippen molar-refractivity contribution in [2.75, 3.05) is 7.05 Å². The summed E-state index contributed by atoms with van der Waals surface area (Å²) in [4.78, 5) is 10.4. The van der Waals surface area contributed by atoms with Gasteiger partial charge in [-0.25, -0.2) is 0 Å². The quantitative estimate of drug-likeness (QED) is 0.460. The lowest BCUT2D eigenvalue weighted by molar-refractivity contribution is -0.384. The first-order valence-electron chi connectivity index (χ1n) is 6.39. The molecule has 0 bridgehead atoms. The third kappa shape index (κ3) is 4.40. The second kappa shape index (κ2) is 7.37. The molecule has 0 heterocycles. The number of non-ortho nitro benzene ring substituents is 1. The van der Waals surface area contributed by atoms with Gasteiger partial charge in [0.1, 0.15) is 12.4 Å². The van der Waals surface area contributed by atoms with Crippen LogP contribution in [0.15, 0.2) is 42.5 Å². The summed E-state index contributed by atoms with van der Waals surface area (Å²) < 4.78 is 6.95. The van der Waals surface area contributed by atoms with Gasteiger partial charge in [-0.05, 0) is 53.4 Å². The molecule has 1 N–H and O–H groups in total. The number of benzene rings is 2. The number of rotatable bonds is 6. The van der Waals surface area contributed by atoms with Crippen molar-refractivity contribution >= 4 is 28.3 Å². The summed E-state index contributed by atoms with van der Waals surface area (Å²) in [6.07, 6.45) is 0. The Bertz CT molecular complexity index is 629. The third-order valence-corrected chi connectivity index (χ3v) is 3.65. The van der Waals surface area contributed by atoms with Crippen LogP contribution in [0, 0.1) is 13.7 Å². The molecule has 0 fully saturated rings. The molecule has 0 aliphatic rings. The van der Waals surface area contributed by atoms with Crippen LogP contribution in [0.5, 0.6) is 5.75 Å². The zero-order chi connectivity index (χ0) is 15.2. The molecule has 0 aliphatic carbocycles. The standard InChI is InChI=1S/C15H15IN2O3/c1-17-9-12-8-14(18(19)20)6-7-15(12)21-10-11-2-4-13(16)5-3-11/h2-8,17H,9-10H2,1H3. The minimum absolute atomic E-state index is 0.0712. The Labute approximate surface area is 136 Å². The van der Waals surface area contributed by atoms with Crippen LogP contribution in [0.2, 0.25) is 0 Å². The van der Waals surface area contributed by atoms with Crippen molar-refractivity contribution in [2.45, 2.75) is 13.2 Å². The summed E-state index contributed by atoms with van der Waals surface area (Å²) in [5.41, 5.74) is 1.91. The van der Waals surface area contributed by atoms with Gasteiger partial charge in [-0.2, -0.15) is 0 Å². The second-order valence-corrected chi connectivity index (χ2v) is 5.74. The van der Waals surface area contributed by atoms with Gasteiger partial charge in [-0.15, -0.1) is 0 Å². The van der Waals surface area contributed by atoms with Crippen LogP contribution < -0.4 is 10.1 Å². The van der Waals surface area contributed by atoms with Crippen LogP contribution in [0.4, 0.5) is 5.69 Å². The molecule has 5 nitrogen and oxygen atoms in total. The van der Waals surface area contributed by atoms with Crippen LogP contribution in [-0.4, -0.2) is 12.0 Å². The molecule has 110 valence electrons. The minimum atomic E-state index is -0.401. The molecule has 0 aromatic heterocycles. The summed E-state index contributed by atoms with van der Waals surface area (Å²) >= 11 is 2.25. The highest BCUT2D eigenvalue weighted by atomic mass is 127. The van der Waals surface area contributed by atoms with Crippen LogP contribution in [0.1, 0.15) is 11.1 Å². The maximum atomic E-state index is 10.8. The molecule has 6 heteroatoms. The SMILES string of the molecule is CNCc1cc([N+](=O)[O-])ccc1OCc1ccc(I)cc1. The average Bonchev–Trinajstić information content (AvgIpc) is 2.47. The number of nitrogens with one attached hydrogen (secondary N) is 1. The molecule has 0 saturated heterocycles. The van der Waals surface area contributed by atoms with Gasteiger partial charge in [0.2, 0.25) is 0 Å². The summed E-state index contributed by atoms with van der Waals surface area (Å²) in [7, 11) is 1.79. The molecule has 2 aromatic rings. The Morgan fingerprint density at radius 1 is 1.24 bits per heavy atom. The van der Waals surface area contributed by atoms with E-state index in [1.807, 2.05) is 24.3 Å². The molecule has 0 saturated carbocycles. The zero-order valence-electron chi connectivity index (χ0n) is 11.5. The minimum Gasteiger partial charge on any atom is -0.489 e. The van der Waals surface area contributed by atoms with Gasteiger partial charge < -0.3 is 10.1 Å². The molecule has 0 unspecified atom stereocenters. The fraction of sp³-hybridized carbons (Fsp3) is 0.200. The molecule has 0 aliphatic heterocycles. The van der Waals surface area contributed by atoms with E-state index < -0.39 is 4.92 Å². The summed E-state index contributed by atoms with van der Waals surface area (Å²) in [6, 6.07) is 12.7. The first-order chi connectivity index (χ1) is 10.1. The predicted octanol–water partition coefficient (Wildman–Crippen LogP) is 3.50. The number of nitro benzene ring substituents is 1. The lowest BCUT2D eigenvalue weighted by Gasteiger charge is -2.11. The van der Waals surface area contributed by atoms with E-state index in [0.29, 0.717) is 18.9 Å². The van der Waals surface area contributed by atoms with Gasteiger partial charge >= 0.3 is 0 Å². The Morgan fingerprint density at radius 3 is 2.57 bits per heavy atom. The lowest BCUT2D eigenvalue weighted by atomic mass is 10.1. The van der Waals surface area contributed by atoms with Crippen molar-refractivity contribution in [1.82, 2.24) is 5.32 Å². The van der Waals surface area contributed by atoms with Crippen molar-refractivity contribution in [3.63, 3.8) is 0 Å². The third-order valence-electron chi connectivity index (χ3n) is 2.93. The summed E-state index contributed by atoms with van der Waals surface area (Å²) in [6.45, 7) is 0.954. The molecule has 2 aromatic carbocycles. The highest BCUT2D eigenvalue weighted by Crippen LogP contribution is 2.25. The highest BCUT2D eigenvalue weighted by Gasteiger charge is 2.11. The Hall–Kier alpha value is -1.67. The molecular formula is C15H15IN2O3. The maximum Gasteiger partial charge on any atom is 0.270 e. The monoisotopic (exact) mass is 398 g/mol. The fourth-order valence-electron chi connectivity index (χ4n) is 1.89. The first-order valence-corrected chi connectivity index (χ1v) is 7.47. The van der Waals surface area contributed by atoms with Gasteiger partial charge in [-0.1, -0.05) is 12.1 Å². The molecule has 0 spiro atoms. The van der Waals surface area contributed by atoms with Crippen molar-refractivity contribution in [2.24, 2.45) is 0 Å². The van der Waals surface area contributed by atoms with Gasteiger partial charge in [0, 0.05) is 27.8 Å². The van der Waals surface area contributed by atoms with Crippen LogP contribution in [0.3, 0.4) is 0 Å². The van der Waals surface area contributed by atoms with E-state index in [4.69, 9.17) is 4.74 Å². The Kier molecular flexibility index (Phi) is 5.51. The number of hydrogen-bond acceptors (Lipinski definition) is 4. The largest absolute Gasteiger partial charge is 0.489 e. The fourth-order valence-corrected chi connectivity index (χ4v) is 2.25. The van der Waals surface area contributed by atoms with E-state index >= 15 is 0 Å². The van der Waals surface area contributed by atoms with E-state index in [9.17, 15) is 10.1 Å². The number of ether oxygens (including phenoxy) is 1. The number of hydrogen-bond donors (Lipinski definition) is 1. The molecule has 21 heavy (non-hydrogen) atoms. The Morgan fingerprint density at radius 2 is 1.95 bits per heavy atom. The Balaban J connectivity index is 2.14. The van der Waals surface area contributed by atoms with Crippen molar-refractivity contribution in [3.05, 3.63) is 67.3 Å². The highest BCUT2D eigenvalue weighted by molar-refractivity contribution is 14.1. The molecule has 2 rings (SSSR count). The van der Waals surface area contributed by atoms with Gasteiger partial charge in [-0.3, -0.25) is 10.1 Å². The van der Waals surface area contributed by atoms with Crippen LogP contribution >= 0.6 is 22.6 Å². The van der Waals surface area contributed by atoms with E-state index in [1.165, 1.54) is 9.64 Å². The van der Waals surface area contributed by atoms with E-state index in [-0.39, 0.29) is 5.69 Å². The molecule has 0 radical (unpaired) electrons. The number of nitro groups is 1. The van der Waals surface area contributed by atoms with E-state index in [2.05, 4.69) is 27.9 Å². The van der Waals surface area contributed by atoms with E-state index in [1.54, 1.807) is 19.2 Å². The second-order valence-electron chi connectivity index (χ2n) is 4.49. The predicted molar refractivity (Wildman–Crippen MR) is 89.4 cm³/mol. The summed E-state index contributed by atoms with van der Waals surface area (Å²) in [5.74, 6) is 0.661. The number of nitrogens with zero attached hydrogens (tertiary/aromatic N) is 1. The molecule has 0 atom stereocenters. The normalized spacial score (nSPS) is 10.4.